The molecule has 0 rings (SSSR count). The Hall–Kier alpha value is -0.610. The highest BCUT2D eigenvalue weighted by atomic mass is 16.2. The molecule has 0 radical (unpaired) electrons. The smallest absolute Gasteiger partial charge is 0.236 e. The maximum absolute atomic E-state index is 11.4. The number of nitrogens with one attached hydrogen (secondary N) is 2. The summed E-state index contributed by atoms with van der Waals surface area (Å²) in [6.07, 6.45) is 1.05. The van der Waals surface area contributed by atoms with Crippen molar-refractivity contribution in [3.63, 3.8) is 0 Å². The highest BCUT2D eigenvalue weighted by Gasteiger charge is 2.13. The van der Waals surface area contributed by atoms with E-state index < -0.39 is 0 Å². The predicted octanol–water partition coefficient (Wildman–Crippen LogP) is 0.441. The molecule has 0 saturated carbocycles. The first-order valence-electron chi connectivity index (χ1n) is 5.65. The van der Waals surface area contributed by atoms with Crippen molar-refractivity contribution in [3.05, 3.63) is 0 Å². The van der Waals surface area contributed by atoms with E-state index in [1.807, 2.05) is 13.8 Å². The van der Waals surface area contributed by atoms with Crippen LogP contribution in [0, 0.1) is 0 Å². The molecule has 2 unspecified atom stereocenters. The van der Waals surface area contributed by atoms with Gasteiger partial charge in [-0.15, -0.1) is 0 Å². The molecule has 90 valence electrons. The Balaban J connectivity index is 3.74. The molecule has 0 aliphatic carbocycles. The molecule has 1 amide bonds. The predicted molar refractivity (Wildman–Crippen MR) is 63.9 cm³/mol. The molecule has 0 aromatic carbocycles. The van der Waals surface area contributed by atoms with Gasteiger partial charge in [-0.25, -0.2) is 0 Å². The summed E-state index contributed by atoms with van der Waals surface area (Å²) >= 11 is 0. The van der Waals surface area contributed by atoms with Crippen molar-refractivity contribution >= 4 is 5.91 Å². The van der Waals surface area contributed by atoms with Crippen LogP contribution in [0.3, 0.4) is 0 Å². The van der Waals surface area contributed by atoms with Gasteiger partial charge in [0.1, 0.15) is 0 Å². The summed E-state index contributed by atoms with van der Waals surface area (Å²) in [5, 5.41) is 6.08. The van der Waals surface area contributed by atoms with Gasteiger partial charge in [0.15, 0.2) is 0 Å². The van der Waals surface area contributed by atoms with Crippen molar-refractivity contribution in [2.24, 2.45) is 0 Å². The van der Waals surface area contributed by atoms with Gasteiger partial charge in [0.25, 0.3) is 0 Å². The highest BCUT2D eigenvalue weighted by Crippen LogP contribution is 1.94. The van der Waals surface area contributed by atoms with Gasteiger partial charge in [-0.1, -0.05) is 0 Å². The largest absolute Gasteiger partial charge is 0.355 e. The fourth-order valence-electron chi connectivity index (χ4n) is 1.36. The lowest BCUT2D eigenvalue weighted by Crippen LogP contribution is -2.46. The Kier molecular flexibility index (Phi) is 7.34. The lowest BCUT2D eigenvalue weighted by Gasteiger charge is -2.20. The maximum atomic E-state index is 11.4. The Bertz CT molecular complexity index is 183. The van der Waals surface area contributed by atoms with E-state index in [1.165, 1.54) is 0 Å². The fourth-order valence-corrected chi connectivity index (χ4v) is 1.36. The van der Waals surface area contributed by atoms with Crippen LogP contribution in [0.4, 0.5) is 0 Å². The molecular weight excluding hydrogens is 190 g/mol. The number of carbonyl (C=O) groups excluding carboxylic acids is 1. The summed E-state index contributed by atoms with van der Waals surface area (Å²) in [6.45, 7) is 7.67. The lowest BCUT2D eigenvalue weighted by molar-refractivity contribution is -0.122. The van der Waals surface area contributed by atoms with Crippen LogP contribution >= 0.6 is 0 Å². The first kappa shape index (κ1) is 14.4. The lowest BCUT2D eigenvalue weighted by atomic mass is 10.2. The van der Waals surface area contributed by atoms with Crippen molar-refractivity contribution in [3.8, 4) is 0 Å². The second-order valence-electron chi connectivity index (χ2n) is 4.28. The molecule has 0 heterocycles. The summed E-state index contributed by atoms with van der Waals surface area (Å²) in [6, 6.07) is 0.257. The van der Waals surface area contributed by atoms with Gasteiger partial charge < -0.3 is 15.5 Å². The maximum Gasteiger partial charge on any atom is 0.236 e. The SMILES string of the molecule is CCNC(=O)C(C)NC(C)CCN(C)C. The van der Waals surface area contributed by atoms with Crippen LogP contribution in [0.5, 0.6) is 0 Å². The van der Waals surface area contributed by atoms with Crippen LogP contribution in [-0.4, -0.2) is 50.1 Å². The minimum absolute atomic E-state index is 0.0780. The average molecular weight is 215 g/mol. The summed E-state index contributed by atoms with van der Waals surface area (Å²) in [7, 11) is 4.11. The van der Waals surface area contributed by atoms with Gasteiger partial charge in [0.2, 0.25) is 5.91 Å². The molecule has 0 bridgehead atoms. The molecule has 0 aromatic heterocycles. The van der Waals surface area contributed by atoms with E-state index in [0.29, 0.717) is 12.6 Å². The minimum Gasteiger partial charge on any atom is -0.355 e. The summed E-state index contributed by atoms with van der Waals surface area (Å²) in [4.78, 5) is 13.6. The Morgan fingerprint density at radius 3 is 2.40 bits per heavy atom. The standard InChI is InChI=1S/C11H25N3O/c1-6-12-11(15)10(3)13-9(2)7-8-14(4)5/h9-10,13H,6-8H2,1-5H3,(H,12,15). The van der Waals surface area contributed by atoms with Crippen LogP contribution in [0.2, 0.25) is 0 Å². The molecule has 0 aliphatic heterocycles. The van der Waals surface area contributed by atoms with Crippen LogP contribution in [0.15, 0.2) is 0 Å². The molecule has 2 N–H and O–H groups in total. The monoisotopic (exact) mass is 215 g/mol. The molecule has 0 aliphatic rings. The Labute approximate surface area is 93.4 Å². The van der Waals surface area contributed by atoms with Crippen LogP contribution < -0.4 is 10.6 Å². The number of nitrogens with zero attached hydrogens (tertiary/aromatic N) is 1. The van der Waals surface area contributed by atoms with Gasteiger partial charge in [0.05, 0.1) is 6.04 Å². The van der Waals surface area contributed by atoms with E-state index in [4.69, 9.17) is 0 Å². The van der Waals surface area contributed by atoms with E-state index in [2.05, 4.69) is 36.6 Å². The number of amides is 1. The fraction of sp³-hybridized carbons (Fsp3) is 0.909. The minimum atomic E-state index is -0.109. The number of rotatable bonds is 7. The molecule has 0 spiro atoms. The zero-order chi connectivity index (χ0) is 11.8. The molecule has 2 atom stereocenters. The number of likely N-dealkylation sites (N-methyl/N-ethyl adjacent to an activating group) is 1. The van der Waals surface area contributed by atoms with E-state index in [1.54, 1.807) is 0 Å². The quantitative estimate of drug-likeness (QED) is 0.648. The normalized spacial score (nSPS) is 15.1. The van der Waals surface area contributed by atoms with Gasteiger partial charge in [0, 0.05) is 12.6 Å². The topological polar surface area (TPSA) is 44.4 Å². The van der Waals surface area contributed by atoms with Crippen LogP contribution in [0.25, 0.3) is 0 Å². The summed E-state index contributed by atoms with van der Waals surface area (Å²) in [5.41, 5.74) is 0. The second-order valence-corrected chi connectivity index (χ2v) is 4.28. The van der Waals surface area contributed by atoms with Crippen molar-refractivity contribution in [1.82, 2.24) is 15.5 Å². The van der Waals surface area contributed by atoms with E-state index in [-0.39, 0.29) is 11.9 Å². The third-order valence-corrected chi connectivity index (χ3v) is 2.29. The molecule has 15 heavy (non-hydrogen) atoms. The van der Waals surface area contributed by atoms with Gasteiger partial charge in [-0.2, -0.15) is 0 Å². The van der Waals surface area contributed by atoms with Crippen molar-refractivity contribution in [1.29, 1.82) is 0 Å². The zero-order valence-corrected chi connectivity index (χ0v) is 10.6. The first-order chi connectivity index (χ1) is 6.97. The molecular formula is C11H25N3O. The highest BCUT2D eigenvalue weighted by molar-refractivity contribution is 5.81. The average Bonchev–Trinajstić information content (AvgIpc) is 2.15. The Morgan fingerprint density at radius 1 is 1.33 bits per heavy atom. The number of carbonyl (C=O) groups is 1. The number of hydrogen-bond donors (Lipinski definition) is 2. The third kappa shape index (κ3) is 7.33. The zero-order valence-electron chi connectivity index (χ0n) is 10.6. The molecule has 0 saturated heterocycles. The second kappa shape index (κ2) is 7.65. The van der Waals surface area contributed by atoms with E-state index in [0.717, 1.165) is 13.0 Å². The molecule has 4 heteroatoms. The van der Waals surface area contributed by atoms with Crippen molar-refractivity contribution in [2.45, 2.75) is 39.3 Å². The summed E-state index contributed by atoms with van der Waals surface area (Å²) in [5.74, 6) is 0.0780. The Morgan fingerprint density at radius 2 is 1.93 bits per heavy atom. The first-order valence-corrected chi connectivity index (χ1v) is 5.65. The van der Waals surface area contributed by atoms with Crippen molar-refractivity contribution in [2.75, 3.05) is 27.2 Å². The van der Waals surface area contributed by atoms with E-state index >= 15 is 0 Å². The molecule has 0 aromatic rings. The third-order valence-electron chi connectivity index (χ3n) is 2.29. The van der Waals surface area contributed by atoms with E-state index in [9.17, 15) is 4.79 Å². The van der Waals surface area contributed by atoms with Gasteiger partial charge >= 0.3 is 0 Å². The van der Waals surface area contributed by atoms with Crippen LogP contribution in [0.1, 0.15) is 27.2 Å². The molecule has 0 fully saturated rings. The molecule has 4 nitrogen and oxygen atoms in total. The van der Waals surface area contributed by atoms with Gasteiger partial charge in [-0.3, -0.25) is 4.79 Å². The van der Waals surface area contributed by atoms with Crippen LogP contribution in [-0.2, 0) is 4.79 Å². The summed E-state index contributed by atoms with van der Waals surface area (Å²) < 4.78 is 0. The van der Waals surface area contributed by atoms with Crippen molar-refractivity contribution < 1.29 is 4.79 Å². The number of hydrogen-bond acceptors (Lipinski definition) is 3. The van der Waals surface area contributed by atoms with Gasteiger partial charge in [-0.05, 0) is 47.8 Å².